The smallest absolute Gasteiger partial charge is 0.159 e. The van der Waals surface area contributed by atoms with Gasteiger partial charge >= 0.3 is 0 Å². The zero-order valence-electron chi connectivity index (χ0n) is 14.4. The number of allylic oxidation sites excluding steroid dienone is 5. The molecule has 0 heterocycles. The van der Waals surface area contributed by atoms with Crippen LogP contribution in [-0.2, 0) is 9.59 Å². The first-order valence-corrected chi connectivity index (χ1v) is 8.34. The molecule has 0 amide bonds. The lowest BCUT2D eigenvalue weighted by Gasteiger charge is -2.28. The van der Waals surface area contributed by atoms with Crippen molar-refractivity contribution in [3.8, 4) is 0 Å². The summed E-state index contributed by atoms with van der Waals surface area (Å²) in [5.74, 6) is 0.673. The van der Waals surface area contributed by atoms with E-state index in [9.17, 15) is 9.59 Å². The van der Waals surface area contributed by atoms with E-state index in [0.717, 1.165) is 19.3 Å². The van der Waals surface area contributed by atoms with Crippen LogP contribution in [0.2, 0.25) is 0 Å². The highest BCUT2D eigenvalue weighted by Gasteiger charge is 2.47. The number of Topliss-reactive ketones (excluding diaryl/α,β-unsaturated/α-hetero) is 2. The van der Waals surface area contributed by atoms with Gasteiger partial charge in [0.05, 0.1) is 0 Å². The molecule has 1 fully saturated rings. The first kappa shape index (κ1) is 16.9. The fourth-order valence-electron chi connectivity index (χ4n) is 3.88. The van der Waals surface area contributed by atoms with Crippen molar-refractivity contribution in [1.29, 1.82) is 0 Å². The van der Waals surface area contributed by atoms with Crippen LogP contribution in [0.25, 0.3) is 0 Å². The van der Waals surface area contributed by atoms with Crippen LogP contribution in [0, 0.1) is 17.3 Å². The molecule has 22 heavy (non-hydrogen) atoms. The lowest BCUT2D eigenvalue weighted by Crippen LogP contribution is -2.22. The van der Waals surface area contributed by atoms with Gasteiger partial charge in [-0.2, -0.15) is 0 Å². The fourth-order valence-corrected chi connectivity index (χ4v) is 3.88. The molecule has 0 bridgehead atoms. The number of carbonyl (C=O) groups is 2. The number of fused-ring (bicyclic) bond motifs is 1. The normalized spacial score (nSPS) is 35.5. The van der Waals surface area contributed by atoms with E-state index in [2.05, 4.69) is 46.4 Å². The van der Waals surface area contributed by atoms with Crippen molar-refractivity contribution in [2.24, 2.45) is 17.3 Å². The Morgan fingerprint density at radius 3 is 2.55 bits per heavy atom. The summed E-state index contributed by atoms with van der Waals surface area (Å²) in [7, 11) is 0. The van der Waals surface area contributed by atoms with Crippen LogP contribution in [0.15, 0.2) is 35.5 Å². The summed E-state index contributed by atoms with van der Waals surface area (Å²) < 4.78 is 0. The zero-order chi connectivity index (χ0) is 16.5. The standard InChI is InChI=1S/C20H28O2/c1-13(2)19-16-10-9-14(3)7-6-8-15(4)17(21)11-20(16,5)12-18(19)22/h7,10,13,19H,4,6,8-9,11-12H2,1-3,5H3/b14-7+,16-10-/t19-,20+/m0/s1. The van der Waals surface area contributed by atoms with Gasteiger partial charge in [0.25, 0.3) is 0 Å². The highest BCUT2D eigenvalue weighted by atomic mass is 16.1. The number of hydrogen-bond acceptors (Lipinski definition) is 2. The summed E-state index contributed by atoms with van der Waals surface area (Å²) in [6.45, 7) is 12.4. The van der Waals surface area contributed by atoms with Gasteiger partial charge in [0.15, 0.2) is 5.78 Å². The van der Waals surface area contributed by atoms with Crippen LogP contribution in [0.1, 0.15) is 59.8 Å². The Hall–Kier alpha value is -1.44. The molecule has 0 radical (unpaired) electrons. The quantitative estimate of drug-likeness (QED) is 0.514. The molecule has 120 valence electrons. The summed E-state index contributed by atoms with van der Waals surface area (Å²) in [6, 6.07) is 0. The van der Waals surface area contributed by atoms with Crippen molar-refractivity contribution in [1.82, 2.24) is 0 Å². The van der Waals surface area contributed by atoms with Crippen molar-refractivity contribution in [2.45, 2.75) is 59.8 Å². The van der Waals surface area contributed by atoms with E-state index in [1.54, 1.807) is 0 Å². The van der Waals surface area contributed by atoms with Crippen LogP contribution in [0.5, 0.6) is 0 Å². The number of carbonyl (C=O) groups excluding carboxylic acids is 2. The minimum Gasteiger partial charge on any atom is -0.299 e. The molecule has 2 atom stereocenters. The molecule has 2 aliphatic rings. The van der Waals surface area contributed by atoms with Gasteiger partial charge < -0.3 is 0 Å². The average molecular weight is 300 g/mol. The lowest BCUT2D eigenvalue weighted by atomic mass is 9.75. The van der Waals surface area contributed by atoms with Gasteiger partial charge in [0, 0.05) is 24.2 Å². The Balaban J connectivity index is 2.46. The predicted octanol–water partition coefficient (Wildman–Crippen LogP) is 4.81. The van der Waals surface area contributed by atoms with E-state index in [1.807, 2.05) is 0 Å². The van der Waals surface area contributed by atoms with Gasteiger partial charge in [-0.15, -0.1) is 0 Å². The Kier molecular flexibility index (Phi) is 4.89. The minimum atomic E-state index is -0.323. The zero-order valence-corrected chi connectivity index (χ0v) is 14.4. The molecule has 0 aliphatic heterocycles. The molecule has 0 unspecified atom stereocenters. The van der Waals surface area contributed by atoms with Gasteiger partial charge in [-0.25, -0.2) is 0 Å². The molecular weight excluding hydrogens is 272 g/mol. The molecule has 2 heteroatoms. The number of ketones is 2. The molecule has 0 aromatic rings. The molecular formula is C20H28O2. The third-order valence-electron chi connectivity index (χ3n) is 5.14. The molecule has 2 rings (SSSR count). The third-order valence-corrected chi connectivity index (χ3v) is 5.14. The second-order valence-corrected chi connectivity index (χ2v) is 7.58. The third kappa shape index (κ3) is 3.31. The van der Waals surface area contributed by atoms with Gasteiger partial charge in [-0.05, 0) is 37.7 Å². The summed E-state index contributed by atoms with van der Waals surface area (Å²) in [5, 5.41) is 0. The molecule has 1 saturated carbocycles. The highest BCUT2D eigenvalue weighted by Crippen LogP contribution is 2.50. The maximum Gasteiger partial charge on any atom is 0.159 e. The SMILES string of the molecule is C=C1CC/C=C(\C)C/C=C2/[C@H](C(C)C)C(=O)C[C@@]2(C)CC1=O. The monoisotopic (exact) mass is 300 g/mol. The average Bonchev–Trinajstić information content (AvgIpc) is 2.65. The molecule has 0 spiro atoms. The molecule has 2 nitrogen and oxygen atoms in total. The van der Waals surface area contributed by atoms with E-state index in [1.165, 1.54) is 11.1 Å². The summed E-state index contributed by atoms with van der Waals surface area (Å²) in [6.07, 6.45) is 7.81. The van der Waals surface area contributed by atoms with Crippen LogP contribution >= 0.6 is 0 Å². The molecule has 0 saturated heterocycles. The van der Waals surface area contributed by atoms with Crippen LogP contribution < -0.4 is 0 Å². The largest absolute Gasteiger partial charge is 0.299 e. The Morgan fingerprint density at radius 1 is 1.23 bits per heavy atom. The van der Waals surface area contributed by atoms with Crippen molar-refractivity contribution in [3.05, 3.63) is 35.5 Å². The van der Waals surface area contributed by atoms with Crippen LogP contribution in [-0.4, -0.2) is 11.6 Å². The van der Waals surface area contributed by atoms with Crippen molar-refractivity contribution in [3.63, 3.8) is 0 Å². The highest BCUT2D eigenvalue weighted by molar-refractivity contribution is 5.97. The van der Waals surface area contributed by atoms with Crippen LogP contribution in [0.4, 0.5) is 0 Å². The number of hydrogen-bond donors (Lipinski definition) is 0. The topological polar surface area (TPSA) is 34.1 Å². The van der Waals surface area contributed by atoms with E-state index in [0.29, 0.717) is 24.2 Å². The van der Waals surface area contributed by atoms with Crippen LogP contribution in [0.3, 0.4) is 0 Å². The summed E-state index contributed by atoms with van der Waals surface area (Å²) in [5.41, 5.74) is 2.87. The van der Waals surface area contributed by atoms with Gasteiger partial charge in [-0.3, -0.25) is 9.59 Å². The predicted molar refractivity (Wildman–Crippen MR) is 90.5 cm³/mol. The maximum atomic E-state index is 12.5. The minimum absolute atomic E-state index is 0.0281. The number of rotatable bonds is 1. The van der Waals surface area contributed by atoms with E-state index < -0.39 is 0 Å². The van der Waals surface area contributed by atoms with Crippen molar-refractivity contribution >= 4 is 11.6 Å². The van der Waals surface area contributed by atoms with E-state index >= 15 is 0 Å². The fraction of sp³-hybridized carbons (Fsp3) is 0.600. The van der Waals surface area contributed by atoms with E-state index in [-0.39, 0.29) is 23.0 Å². The van der Waals surface area contributed by atoms with Crippen molar-refractivity contribution < 1.29 is 9.59 Å². The van der Waals surface area contributed by atoms with E-state index in [4.69, 9.17) is 0 Å². The van der Waals surface area contributed by atoms with Gasteiger partial charge in [-0.1, -0.05) is 50.6 Å². The molecule has 0 aromatic carbocycles. The van der Waals surface area contributed by atoms with Gasteiger partial charge in [0.2, 0.25) is 0 Å². The first-order chi connectivity index (χ1) is 10.2. The Morgan fingerprint density at radius 2 is 1.91 bits per heavy atom. The molecule has 0 aromatic heterocycles. The van der Waals surface area contributed by atoms with Gasteiger partial charge in [0.1, 0.15) is 5.78 Å². The first-order valence-electron chi connectivity index (χ1n) is 8.34. The molecule has 0 N–H and O–H groups in total. The molecule has 2 aliphatic carbocycles. The Bertz CT molecular complexity index is 562. The maximum absolute atomic E-state index is 12.5. The summed E-state index contributed by atoms with van der Waals surface area (Å²) >= 11 is 0. The van der Waals surface area contributed by atoms with Crippen molar-refractivity contribution in [2.75, 3.05) is 0 Å². The lowest BCUT2D eigenvalue weighted by molar-refractivity contribution is -0.121. The second-order valence-electron chi connectivity index (χ2n) is 7.58. The second kappa shape index (κ2) is 6.36. The Labute approximate surface area is 134 Å². The summed E-state index contributed by atoms with van der Waals surface area (Å²) in [4.78, 5) is 25.0.